The van der Waals surface area contributed by atoms with E-state index < -0.39 is 8.07 Å². The van der Waals surface area contributed by atoms with E-state index in [1.54, 1.807) is 10.8 Å². The monoisotopic (exact) mass is 449 g/mol. The molecule has 27 heavy (non-hydrogen) atoms. The summed E-state index contributed by atoms with van der Waals surface area (Å²) < 4.78 is 9.31. The first-order valence-electron chi connectivity index (χ1n) is 8.86. The highest BCUT2D eigenvalue weighted by Gasteiger charge is 2.20. The maximum absolute atomic E-state index is 12.9. The Morgan fingerprint density at radius 1 is 1.22 bits per heavy atom. The molecule has 0 aliphatic rings. The van der Waals surface area contributed by atoms with E-state index in [9.17, 15) is 9.90 Å². The molecule has 0 spiro atoms. The van der Waals surface area contributed by atoms with Gasteiger partial charge in [-0.15, -0.1) is 0 Å². The van der Waals surface area contributed by atoms with Crippen molar-refractivity contribution in [3.05, 3.63) is 57.0 Å². The Bertz CT molecular complexity index is 993. The van der Waals surface area contributed by atoms with E-state index in [-0.39, 0.29) is 23.4 Å². The van der Waals surface area contributed by atoms with Crippen LogP contribution in [0, 0.1) is 0 Å². The minimum absolute atomic E-state index is 0.0759. The number of hydrogen-bond acceptors (Lipinski definition) is 4. The van der Waals surface area contributed by atoms with Gasteiger partial charge in [0.2, 0.25) is 0 Å². The van der Waals surface area contributed by atoms with Crippen LogP contribution in [0.25, 0.3) is 10.9 Å². The maximum atomic E-state index is 12.9. The van der Waals surface area contributed by atoms with Crippen molar-refractivity contribution in [1.29, 1.82) is 0 Å². The summed E-state index contributed by atoms with van der Waals surface area (Å²) in [6, 6.07) is 10.7. The number of fused-ring (bicyclic) bond motifs is 1. The molecular formula is C19H24BrN3O3Si. The molecule has 3 rings (SSSR count). The van der Waals surface area contributed by atoms with E-state index in [1.165, 1.54) is 4.68 Å². The van der Waals surface area contributed by atoms with Crippen LogP contribution in [0.5, 0.6) is 5.75 Å². The lowest BCUT2D eigenvalue weighted by Crippen LogP contribution is -2.23. The molecule has 0 saturated heterocycles. The first kappa shape index (κ1) is 19.8. The summed E-state index contributed by atoms with van der Waals surface area (Å²) >= 11 is 3.38. The molecule has 2 aromatic heterocycles. The van der Waals surface area contributed by atoms with Crippen LogP contribution in [0.2, 0.25) is 25.7 Å². The van der Waals surface area contributed by atoms with Crippen LogP contribution in [-0.2, 0) is 18.0 Å². The van der Waals surface area contributed by atoms with Crippen molar-refractivity contribution in [2.45, 2.75) is 39.0 Å². The van der Waals surface area contributed by atoms with Crippen molar-refractivity contribution < 1.29 is 9.84 Å². The van der Waals surface area contributed by atoms with Crippen molar-refractivity contribution >= 4 is 34.9 Å². The van der Waals surface area contributed by atoms with Crippen molar-refractivity contribution in [3.63, 3.8) is 0 Å². The number of ether oxygens (including phenoxy) is 1. The predicted octanol–water partition coefficient (Wildman–Crippen LogP) is 4.03. The van der Waals surface area contributed by atoms with Crippen LogP contribution >= 0.6 is 15.9 Å². The normalized spacial score (nSPS) is 12.0. The number of rotatable bonds is 7. The second-order valence-electron chi connectivity index (χ2n) is 7.77. The zero-order valence-electron chi connectivity index (χ0n) is 15.8. The maximum Gasteiger partial charge on any atom is 0.280 e. The van der Waals surface area contributed by atoms with Crippen molar-refractivity contribution in [3.8, 4) is 5.75 Å². The molecule has 1 N–H and O–H groups in total. The Balaban J connectivity index is 1.88. The highest BCUT2D eigenvalue weighted by Crippen LogP contribution is 2.33. The Hall–Kier alpha value is -1.90. The second kappa shape index (κ2) is 8.00. The third kappa shape index (κ3) is 4.51. The van der Waals surface area contributed by atoms with Gasteiger partial charge in [-0.05, 0) is 27.5 Å². The molecule has 0 radical (unpaired) electrons. The minimum atomic E-state index is -1.17. The minimum Gasteiger partial charge on any atom is -0.504 e. The molecular weight excluding hydrogens is 426 g/mol. The van der Waals surface area contributed by atoms with Crippen LogP contribution < -0.4 is 5.56 Å². The average Bonchev–Trinajstić information content (AvgIpc) is 2.86. The molecule has 0 unspecified atom stereocenters. The van der Waals surface area contributed by atoms with E-state index in [2.05, 4.69) is 40.7 Å². The summed E-state index contributed by atoms with van der Waals surface area (Å²) in [6.07, 6.45) is 1.60. The van der Waals surface area contributed by atoms with E-state index in [0.717, 1.165) is 11.6 Å². The Kier molecular flexibility index (Phi) is 5.88. The molecule has 0 aliphatic heterocycles. The molecule has 8 heteroatoms. The van der Waals surface area contributed by atoms with Gasteiger partial charge in [0.25, 0.3) is 5.56 Å². The number of hydrogen-bond donors (Lipinski definition) is 1. The number of aromatic hydroxyl groups is 1. The van der Waals surface area contributed by atoms with E-state index in [4.69, 9.17) is 4.74 Å². The van der Waals surface area contributed by atoms with Crippen molar-refractivity contribution in [2.24, 2.45) is 0 Å². The van der Waals surface area contributed by atoms with Crippen LogP contribution in [0.4, 0.5) is 0 Å². The molecule has 2 heterocycles. The smallest absolute Gasteiger partial charge is 0.280 e. The molecule has 3 aromatic rings. The number of benzene rings is 1. The second-order valence-corrected chi connectivity index (χ2v) is 14.1. The summed E-state index contributed by atoms with van der Waals surface area (Å²) in [5.41, 5.74) is 1.20. The van der Waals surface area contributed by atoms with Gasteiger partial charge in [-0.25, -0.2) is 4.68 Å². The summed E-state index contributed by atoms with van der Waals surface area (Å²) in [6.45, 7) is 8.14. The van der Waals surface area contributed by atoms with Crippen molar-refractivity contribution in [1.82, 2.24) is 14.3 Å². The summed E-state index contributed by atoms with van der Waals surface area (Å²) in [4.78, 5) is 12.9. The lowest BCUT2D eigenvalue weighted by atomic mass is 10.2. The van der Waals surface area contributed by atoms with Crippen LogP contribution in [-0.4, -0.2) is 34.1 Å². The van der Waals surface area contributed by atoms with Crippen molar-refractivity contribution in [2.75, 3.05) is 6.61 Å². The van der Waals surface area contributed by atoms with Gasteiger partial charge in [0.15, 0.2) is 5.75 Å². The number of nitrogens with zero attached hydrogens (tertiary/aromatic N) is 3. The Morgan fingerprint density at radius 2 is 1.93 bits per heavy atom. The lowest BCUT2D eigenvalue weighted by molar-refractivity contribution is 0.0885. The Morgan fingerprint density at radius 3 is 2.59 bits per heavy atom. The number of halogens is 1. The summed E-state index contributed by atoms with van der Waals surface area (Å²) in [7, 11) is -1.17. The zero-order chi connectivity index (χ0) is 19.6. The van der Waals surface area contributed by atoms with Gasteiger partial charge in [-0.2, -0.15) is 5.10 Å². The zero-order valence-corrected chi connectivity index (χ0v) is 18.4. The topological polar surface area (TPSA) is 69.3 Å². The van der Waals surface area contributed by atoms with Gasteiger partial charge in [-0.3, -0.25) is 4.79 Å². The van der Waals surface area contributed by atoms with E-state index in [0.29, 0.717) is 23.3 Å². The predicted molar refractivity (Wildman–Crippen MR) is 113 cm³/mol. The fourth-order valence-electron chi connectivity index (χ4n) is 2.77. The van der Waals surface area contributed by atoms with Gasteiger partial charge in [0.05, 0.1) is 18.3 Å². The largest absolute Gasteiger partial charge is 0.504 e. The molecule has 144 valence electrons. The van der Waals surface area contributed by atoms with Crippen LogP contribution in [0.3, 0.4) is 0 Å². The van der Waals surface area contributed by atoms with E-state index >= 15 is 0 Å². The molecule has 0 amide bonds. The molecule has 0 bridgehead atoms. The highest BCUT2D eigenvalue weighted by molar-refractivity contribution is 9.10. The highest BCUT2D eigenvalue weighted by atomic mass is 79.9. The van der Waals surface area contributed by atoms with Gasteiger partial charge in [-0.1, -0.05) is 50.0 Å². The molecule has 0 saturated carbocycles. The average molecular weight is 450 g/mol. The molecule has 0 aliphatic carbocycles. The van der Waals surface area contributed by atoms with Gasteiger partial charge in [0.1, 0.15) is 16.7 Å². The fourth-order valence-corrected chi connectivity index (χ4v) is 4.02. The molecule has 6 nitrogen and oxygen atoms in total. The standard InChI is InChI=1S/C19H24BrN3O3Si/c1-27(2,3)10-9-26-13-22-15-11-21-23(12-14-7-5-4-6-8-14)19(25)16(15)17(24)18(22)20/h4-8,11,24H,9-10,12-13H2,1-3H3. The lowest BCUT2D eigenvalue weighted by Gasteiger charge is -2.16. The Labute approximate surface area is 167 Å². The SMILES string of the molecule is C[Si](C)(C)CCOCn1c(Br)c(O)c2c(=O)n(Cc3ccccc3)ncc21. The third-order valence-electron chi connectivity index (χ3n) is 4.38. The fraction of sp³-hybridized carbons (Fsp3) is 0.368. The first-order chi connectivity index (χ1) is 12.8. The molecule has 0 atom stereocenters. The van der Waals surface area contributed by atoms with Gasteiger partial charge >= 0.3 is 0 Å². The van der Waals surface area contributed by atoms with Gasteiger partial charge < -0.3 is 14.4 Å². The number of aromatic nitrogens is 3. The van der Waals surface area contributed by atoms with E-state index in [1.807, 2.05) is 30.3 Å². The van der Waals surface area contributed by atoms with Crippen LogP contribution in [0.1, 0.15) is 5.56 Å². The van der Waals surface area contributed by atoms with Gasteiger partial charge in [0, 0.05) is 14.7 Å². The molecule has 1 aromatic carbocycles. The van der Waals surface area contributed by atoms with Crippen LogP contribution in [0.15, 0.2) is 45.9 Å². The molecule has 0 fully saturated rings. The summed E-state index contributed by atoms with van der Waals surface area (Å²) in [5.74, 6) is -0.0759. The quantitative estimate of drug-likeness (QED) is 0.436. The third-order valence-corrected chi connectivity index (χ3v) is 6.88. The summed E-state index contributed by atoms with van der Waals surface area (Å²) in [5, 5.41) is 15.0. The first-order valence-corrected chi connectivity index (χ1v) is 13.4.